The molecule has 0 aliphatic carbocycles. The number of aryl methyl sites for hydroxylation is 2. The molecule has 3 rings (SSSR count). The number of nitrogen functional groups attached to an aromatic ring is 1. The summed E-state index contributed by atoms with van der Waals surface area (Å²) in [5, 5.41) is 0.625. The average Bonchev–Trinajstić information content (AvgIpc) is 3.11. The molecule has 1 aromatic carbocycles. The van der Waals surface area contributed by atoms with Crippen LogP contribution in [0.3, 0.4) is 0 Å². The fraction of sp³-hybridized carbons (Fsp3) is 0.300. The van der Waals surface area contributed by atoms with Crippen LogP contribution in [0.25, 0.3) is 5.69 Å². The fourth-order valence-electron chi connectivity index (χ4n) is 3.19. The first-order valence-electron chi connectivity index (χ1n) is 9.22. The number of rotatable bonds is 7. The molecule has 3 aromatic rings. The van der Waals surface area contributed by atoms with Gasteiger partial charge in [0.1, 0.15) is 11.4 Å². The zero-order valence-electron chi connectivity index (χ0n) is 16.6. The minimum absolute atomic E-state index is 0.0284. The molecule has 152 valence electrons. The number of nitrogens with one attached hydrogen (secondary N) is 1. The maximum absolute atomic E-state index is 12.7. The van der Waals surface area contributed by atoms with Gasteiger partial charge < -0.3 is 5.73 Å². The Morgan fingerprint density at radius 2 is 1.90 bits per heavy atom. The third-order valence-electron chi connectivity index (χ3n) is 4.39. The van der Waals surface area contributed by atoms with E-state index in [-0.39, 0.29) is 17.1 Å². The van der Waals surface area contributed by atoms with E-state index in [0.717, 1.165) is 16.8 Å². The molecule has 0 atom stereocenters. The first-order valence-corrected chi connectivity index (χ1v) is 10.2. The van der Waals surface area contributed by atoms with Crippen molar-refractivity contribution in [1.29, 1.82) is 0 Å². The Hall–Kier alpha value is -3.07. The van der Waals surface area contributed by atoms with Crippen LogP contribution in [0.2, 0.25) is 0 Å². The molecule has 0 radical (unpaired) electrons. The molecule has 0 spiro atoms. The molecule has 29 heavy (non-hydrogen) atoms. The van der Waals surface area contributed by atoms with Crippen LogP contribution in [0.5, 0.6) is 0 Å². The Bertz CT molecular complexity index is 1160. The van der Waals surface area contributed by atoms with Crippen molar-refractivity contribution in [2.24, 2.45) is 0 Å². The number of nitrogens with two attached hydrogens (primary N) is 1. The van der Waals surface area contributed by atoms with E-state index in [0.29, 0.717) is 18.1 Å². The zero-order valence-corrected chi connectivity index (χ0v) is 17.4. The number of thioether (sulfide) groups is 1. The van der Waals surface area contributed by atoms with Crippen LogP contribution in [-0.2, 0) is 6.54 Å². The summed E-state index contributed by atoms with van der Waals surface area (Å²) in [6.45, 7) is 6.24. The van der Waals surface area contributed by atoms with Crippen molar-refractivity contribution in [3.8, 4) is 5.69 Å². The summed E-state index contributed by atoms with van der Waals surface area (Å²) in [4.78, 5) is 43.3. The van der Waals surface area contributed by atoms with Crippen molar-refractivity contribution >= 4 is 23.4 Å². The first kappa shape index (κ1) is 20.7. The fourth-order valence-corrected chi connectivity index (χ4v) is 4.03. The Morgan fingerprint density at radius 1 is 1.21 bits per heavy atom. The number of benzene rings is 1. The van der Waals surface area contributed by atoms with Crippen molar-refractivity contribution in [2.75, 3.05) is 11.5 Å². The summed E-state index contributed by atoms with van der Waals surface area (Å²) in [6.07, 6.45) is 4.13. The summed E-state index contributed by atoms with van der Waals surface area (Å²) >= 11 is 1.21. The van der Waals surface area contributed by atoms with Gasteiger partial charge in [-0.2, -0.15) is 0 Å². The van der Waals surface area contributed by atoms with Crippen molar-refractivity contribution in [2.45, 2.75) is 38.9 Å². The first-order chi connectivity index (χ1) is 13.8. The molecule has 0 aliphatic rings. The predicted octanol–water partition coefficient (Wildman–Crippen LogP) is 2.31. The van der Waals surface area contributed by atoms with Crippen molar-refractivity contribution in [3.63, 3.8) is 0 Å². The van der Waals surface area contributed by atoms with Crippen LogP contribution < -0.4 is 17.0 Å². The summed E-state index contributed by atoms with van der Waals surface area (Å²) < 4.78 is 3.11. The normalized spacial score (nSPS) is 11.0. The van der Waals surface area contributed by atoms with E-state index in [1.807, 2.05) is 43.7 Å². The van der Waals surface area contributed by atoms with E-state index in [1.54, 1.807) is 6.20 Å². The molecule has 2 aromatic heterocycles. The largest absolute Gasteiger partial charge is 0.384 e. The highest BCUT2D eigenvalue weighted by Crippen LogP contribution is 2.23. The van der Waals surface area contributed by atoms with Gasteiger partial charge in [-0.1, -0.05) is 24.8 Å². The number of H-pyrrole nitrogens is 1. The molecule has 0 aliphatic heterocycles. The second-order valence-electron chi connectivity index (χ2n) is 6.81. The highest BCUT2D eigenvalue weighted by Gasteiger charge is 2.20. The van der Waals surface area contributed by atoms with Gasteiger partial charge in [0.2, 0.25) is 0 Å². The number of imidazole rings is 1. The summed E-state index contributed by atoms with van der Waals surface area (Å²) in [7, 11) is 0. The van der Waals surface area contributed by atoms with E-state index in [1.165, 1.54) is 16.3 Å². The van der Waals surface area contributed by atoms with Crippen molar-refractivity contribution < 1.29 is 4.79 Å². The van der Waals surface area contributed by atoms with Crippen LogP contribution in [0.1, 0.15) is 34.8 Å². The number of carbonyl (C=O) groups excluding carboxylic acids is 1. The van der Waals surface area contributed by atoms with Gasteiger partial charge in [0.05, 0.1) is 5.75 Å². The smallest absolute Gasteiger partial charge is 0.329 e. The van der Waals surface area contributed by atoms with Crippen LogP contribution in [0.15, 0.2) is 45.3 Å². The average molecular weight is 414 g/mol. The number of carbonyl (C=O) groups is 1. The van der Waals surface area contributed by atoms with E-state index in [2.05, 4.69) is 16.0 Å². The lowest BCUT2D eigenvalue weighted by atomic mass is 10.1. The molecule has 0 amide bonds. The minimum atomic E-state index is -0.761. The maximum atomic E-state index is 12.7. The lowest BCUT2D eigenvalue weighted by molar-refractivity contribution is 0.102. The summed E-state index contributed by atoms with van der Waals surface area (Å²) in [6, 6.07) is 6.14. The topological polar surface area (TPSA) is 116 Å². The van der Waals surface area contributed by atoms with E-state index < -0.39 is 17.0 Å². The molecular weight excluding hydrogens is 390 g/mol. The van der Waals surface area contributed by atoms with E-state index >= 15 is 0 Å². The molecule has 0 saturated heterocycles. The van der Waals surface area contributed by atoms with Crippen LogP contribution in [-0.4, -0.2) is 30.6 Å². The van der Waals surface area contributed by atoms with Crippen LogP contribution >= 0.6 is 11.8 Å². The lowest BCUT2D eigenvalue weighted by Crippen LogP contribution is -2.36. The number of hydrogen-bond donors (Lipinski definition) is 2. The summed E-state index contributed by atoms with van der Waals surface area (Å²) in [5.74, 6) is -0.572. The second kappa shape index (κ2) is 8.52. The molecule has 0 fully saturated rings. The van der Waals surface area contributed by atoms with Gasteiger partial charge in [-0.05, 0) is 43.5 Å². The monoisotopic (exact) mass is 413 g/mol. The third kappa shape index (κ3) is 4.34. The van der Waals surface area contributed by atoms with Gasteiger partial charge in [-0.15, -0.1) is 0 Å². The van der Waals surface area contributed by atoms with Crippen molar-refractivity contribution in [3.05, 3.63) is 68.1 Å². The van der Waals surface area contributed by atoms with E-state index in [4.69, 9.17) is 5.73 Å². The van der Waals surface area contributed by atoms with Crippen molar-refractivity contribution in [1.82, 2.24) is 19.1 Å². The molecule has 0 bridgehead atoms. The Morgan fingerprint density at radius 3 is 2.55 bits per heavy atom. The van der Waals surface area contributed by atoms with Gasteiger partial charge in [0.15, 0.2) is 10.9 Å². The van der Waals surface area contributed by atoms with Crippen LogP contribution in [0.4, 0.5) is 5.82 Å². The minimum Gasteiger partial charge on any atom is -0.384 e. The third-order valence-corrected chi connectivity index (χ3v) is 5.36. The maximum Gasteiger partial charge on any atom is 0.329 e. The lowest BCUT2D eigenvalue weighted by Gasteiger charge is -2.12. The Kier molecular flexibility index (Phi) is 6.07. The molecule has 3 N–H and O–H groups in total. The molecule has 0 saturated carbocycles. The highest BCUT2D eigenvalue weighted by molar-refractivity contribution is 7.99. The molecule has 2 heterocycles. The Labute approximate surface area is 171 Å². The molecule has 9 heteroatoms. The zero-order chi connectivity index (χ0) is 21.1. The summed E-state index contributed by atoms with van der Waals surface area (Å²) in [5.41, 5.74) is 7.61. The number of aromatic nitrogens is 4. The number of aromatic amines is 1. The number of hydrogen-bond acceptors (Lipinski definition) is 6. The van der Waals surface area contributed by atoms with Crippen LogP contribution in [0, 0.1) is 13.8 Å². The highest BCUT2D eigenvalue weighted by atomic mass is 32.2. The predicted molar refractivity (Wildman–Crippen MR) is 114 cm³/mol. The second-order valence-corrected chi connectivity index (χ2v) is 7.75. The standard InChI is InChI=1S/C20H23N5O3S/c1-4-6-25-17(21)16(18(27)23-19(25)28)15(26)11-29-20-22-5-7-24(20)14-9-12(2)8-13(3)10-14/h5,7-10H,4,6,11,21H2,1-3H3,(H,23,27,28). The molecule has 8 nitrogen and oxygen atoms in total. The number of anilines is 1. The SMILES string of the molecule is CCCn1c(N)c(C(=O)CSc2nccn2-c2cc(C)cc(C)c2)c(=O)[nH]c1=O. The van der Waals surface area contributed by atoms with Gasteiger partial charge in [-0.25, -0.2) is 9.78 Å². The van der Waals surface area contributed by atoms with Gasteiger partial charge in [-0.3, -0.25) is 23.7 Å². The quantitative estimate of drug-likeness (QED) is 0.454. The van der Waals surface area contributed by atoms with E-state index in [9.17, 15) is 14.4 Å². The van der Waals surface area contributed by atoms with Gasteiger partial charge >= 0.3 is 5.69 Å². The number of Topliss-reactive ketones (excluding diaryl/α,β-unsaturated/α-hetero) is 1. The molecule has 0 unspecified atom stereocenters. The van der Waals surface area contributed by atoms with Gasteiger partial charge in [0, 0.05) is 24.6 Å². The number of nitrogens with zero attached hydrogens (tertiary/aromatic N) is 3. The Balaban J connectivity index is 1.86. The van der Waals surface area contributed by atoms with Gasteiger partial charge in [0.25, 0.3) is 5.56 Å². The molecular formula is C20H23N5O3S. The number of ketones is 1.